The Bertz CT molecular complexity index is 1440. The molecule has 34 heavy (non-hydrogen) atoms. The second-order valence-corrected chi connectivity index (χ2v) is 8.85. The van der Waals surface area contributed by atoms with Gasteiger partial charge in [0.15, 0.2) is 5.17 Å². The third kappa shape index (κ3) is 4.63. The van der Waals surface area contributed by atoms with Crippen molar-refractivity contribution in [2.45, 2.75) is 6.54 Å². The monoisotopic (exact) mass is 464 g/mol. The summed E-state index contributed by atoms with van der Waals surface area (Å²) in [6.07, 6.45) is 1.90. The Kier molecular flexibility index (Phi) is 5.97. The Hall–Kier alpha value is -4.16. The molecule has 4 aromatic carbocycles. The molecule has 1 heterocycles. The molecule has 0 spiro atoms. The van der Waals surface area contributed by atoms with Crippen molar-refractivity contribution in [2.75, 3.05) is 0 Å². The van der Waals surface area contributed by atoms with Crippen molar-refractivity contribution in [3.8, 4) is 0 Å². The zero-order chi connectivity index (χ0) is 23.5. The van der Waals surface area contributed by atoms with Crippen molar-refractivity contribution < 1.29 is 14.7 Å². The zero-order valence-electron chi connectivity index (χ0n) is 18.1. The third-order valence-corrected chi connectivity index (χ3v) is 6.49. The number of nitrogens with zero attached hydrogens (tertiary/aromatic N) is 2. The van der Waals surface area contributed by atoms with Crippen molar-refractivity contribution in [2.24, 2.45) is 4.99 Å². The van der Waals surface area contributed by atoms with Gasteiger partial charge in [0.2, 0.25) is 0 Å². The Morgan fingerprint density at radius 2 is 1.59 bits per heavy atom. The first-order chi connectivity index (χ1) is 16.6. The second-order valence-electron chi connectivity index (χ2n) is 7.84. The maximum absolute atomic E-state index is 13.4. The standard InChI is InChI=1S/C28H20N2O3S/c31-26-25(17-20-12-13-21-6-4-5-7-23(21)16-20)34-28(29-24-8-2-1-3-9-24)30(26)18-19-10-14-22(15-11-19)27(32)33/h1-17H,18H2,(H,32,33)/b25-17-,29-28?. The molecule has 6 heteroatoms. The van der Waals surface area contributed by atoms with E-state index >= 15 is 0 Å². The number of amides is 1. The lowest BCUT2D eigenvalue weighted by Crippen LogP contribution is -2.28. The molecule has 5 nitrogen and oxygen atoms in total. The van der Waals surface area contributed by atoms with Crippen molar-refractivity contribution in [3.63, 3.8) is 0 Å². The molecule has 1 saturated heterocycles. The molecule has 166 valence electrons. The van der Waals surface area contributed by atoms with E-state index < -0.39 is 5.97 Å². The number of fused-ring (bicyclic) bond motifs is 1. The van der Waals surface area contributed by atoms with E-state index in [2.05, 4.69) is 18.2 Å². The molecule has 0 radical (unpaired) electrons. The van der Waals surface area contributed by atoms with E-state index in [0.717, 1.165) is 27.6 Å². The fourth-order valence-corrected chi connectivity index (χ4v) is 4.73. The molecule has 1 aliphatic rings. The summed E-state index contributed by atoms with van der Waals surface area (Å²) in [6.45, 7) is 0.298. The number of aliphatic imine (C=N–C) groups is 1. The summed E-state index contributed by atoms with van der Waals surface area (Å²) in [7, 11) is 0. The van der Waals surface area contributed by atoms with Gasteiger partial charge in [-0.25, -0.2) is 9.79 Å². The number of benzene rings is 4. The van der Waals surface area contributed by atoms with E-state index in [1.54, 1.807) is 29.2 Å². The first-order valence-corrected chi connectivity index (χ1v) is 11.5. The van der Waals surface area contributed by atoms with E-state index in [1.165, 1.54) is 11.8 Å². The van der Waals surface area contributed by atoms with Gasteiger partial charge in [0, 0.05) is 0 Å². The quantitative estimate of drug-likeness (QED) is 0.350. The van der Waals surface area contributed by atoms with Gasteiger partial charge in [0.1, 0.15) is 0 Å². The van der Waals surface area contributed by atoms with Crippen molar-refractivity contribution in [1.29, 1.82) is 0 Å². The molecule has 1 aliphatic heterocycles. The fourth-order valence-electron chi connectivity index (χ4n) is 3.73. The van der Waals surface area contributed by atoms with Gasteiger partial charge < -0.3 is 5.11 Å². The summed E-state index contributed by atoms with van der Waals surface area (Å²) < 4.78 is 0. The summed E-state index contributed by atoms with van der Waals surface area (Å²) in [5, 5.41) is 12.0. The summed E-state index contributed by atoms with van der Waals surface area (Å²) in [6, 6.07) is 30.3. The number of aromatic carboxylic acids is 1. The lowest BCUT2D eigenvalue weighted by Gasteiger charge is -2.16. The molecule has 4 aromatic rings. The minimum atomic E-state index is -0.980. The highest BCUT2D eigenvalue weighted by molar-refractivity contribution is 8.18. The number of para-hydroxylation sites is 1. The van der Waals surface area contributed by atoms with Gasteiger partial charge in [0.05, 0.1) is 22.7 Å². The fraction of sp³-hybridized carbons (Fsp3) is 0.0357. The number of carboxylic acids is 1. The number of amidine groups is 1. The van der Waals surface area contributed by atoms with Crippen LogP contribution in [-0.2, 0) is 11.3 Å². The molecular weight excluding hydrogens is 444 g/mol. The molecule has 0 unspecified atom stereocenters. The van der Waals surface area contributed by atoms with E-state index in [1.807, 2.05) is 60.7 Å². The average Bonchev–Trinajstić information content (AvgIpc) is 3.13. The predicted molar refractivity (Wildman–Crippen MR) is 137 cm³/mol. The van der Waals surface area contributed by atoms with Gasteiger partial charge >= 0.3 is 5.97 Å². The number of thioether (sulfide) groups is 1. The van der Waals surface area contributed by atoms with Crippen LogP contribution in [0.1, 0.15) is 21.5 Å². The number of rotatable bonds is 5. The van der Waals surface area contributed by atoms with Gasteiger partial charge in [-0.15, -0.1) is 0 Å². The van der Waals surface area contributed by atoms with Crippen molar-refractivity contribution in [1.82, 2.24) is 4.90 Å². The number of carbonyl (C=O) groups excluding carboxylic acids is 1. The Balaban J connectivity index is 1.49. The van der Waals surface area contributed by atoms with Crippen LogP contribution >= 0.6 is 11.8 Å². The normalized spacial score (nSPS) is 16.0. The molecule has 0 bridgehead atoms. The number of carboxylic acid groups (broad SMARTS) is 1. The third-order valence-electron chi connectivity index (χ3n) is 5.48. The van der Waals surface area contributed by atoms with E-state index in [0.29, 0.717) is 16.6 Å². The molecule has 0 aromatic heterocycles. The molecule has 0 atom stereocenters. The molecule has 1 N–H and O–H groups in total. The maximum atomic E-state index is 13.4. The molecule has 1 fully saturated rings. The topological polar surface area (TPSA) is 70.0 Å². The summed E-state index contributed by atoms with van der Waals surface area (Å²) in [4.78, 5) is 31.5. The van der Waals surface area contributed by atoms with Crippen LogP contribution in [0.3, 0.4) is 0 Å². The van der Waals surface area contributed by atoms with Crippen LogP contribution in [0.4, 0.5) is 5.69 Å². The highest BCUT2D eigenvalue weighted by Gasteiger charge is 2.33. The predicted octanol–water partition coefficient (Wildman–Crippen LogP) is 6.34. The Morgan fingerprint density at radius 1 is 0.882 bits per heavy atom. The lowest BCUT2D eigenvalue weighted by atomic mass is 10.1. The molecular formula is C28H20N2O3S. The number of carbonyl (C=O) groups is 2. The van der Waals surface area contributed by atoms with Gasteiger partial charge in [-0.3, -0.25) is 9.69 Å². The summed E-state index contributed by atoms with van der Waals surface area (Å²) >= 11 is 1.34. The highest BCUT2D eigenvalue weighted by atomic mass is 32.2. The lowest BCUT2D eigenvalue weighted by molar-refractivity contribution is -0.122. The SMILES string of the molecule is O=C(O)c1ccc(CN2C(=O)/C(=C/c3ccc4ccccc4c3)SC2=Nc2ccccc2)cc1. The van der Waals surface area contributed by atoms with Gasteiger partial charge in [-0.1, -0.05) is 66.7 Å². The van der Waals surface area contributed by atoms with E-state index in [9.17, 15) is 9.59 Å². The van der Waals surface area contributed by atoms with Crippen LogP contribution in [0.2, 0.25) is 0 Å². The van der Waals surface area contributed by atoms with E-state index in [-0.39, 0.29) is 11.5 Å². The molecule has 5 rings (SSSR count). The minimum absolute atomic E-state index is 0.129. The van der Waals surface area contributed by atoms with E-state index in [4.69, 9.17) is 10.1 Å². The molecule has 1 amide bonds. The second kappa shape index (κ2) is 9.37. The minimum Gasteiger partial charge on any atom is -0.478 e. The molecule has 0 saturated carbocycles. The maximum Gasteiger partial charge on any atom is 0.335 e. The Morgan fingerprint density at radius 3 is 2.32 bits per heavy atom. The number of hydrogen-bond acceptors (Lipinski definition) is 4. The van der Waals surface area contributed by atoms with Gasteiger partial charge in [-0.2, -0.15) is 0 Å². The average molecular weight is 465 g/mol. The van der Waals surface area contributed by atoms with Crippen LogP contribution in [0.15, 0.2) is 107 Å². The van der Waals surface area contributed by atoms with Crippen LogP contribution in [0, 0.1) is 0 Å². The smallest absolute Gasteiger partial charge is 0.335 e. The summed E-state index contributed by atoms with van der Waals surface area (Å²) in [5.41, 5.74) is 2.74. The van der Waals surface area contributed by atoms with Gasteiger partial charge in [0.25, 0.3) is 5.91 Å². The van der Waals surface area contributed by atoms with Crippen molar-refractivity contribution in [3.05, 3.63) is 119 Å². The largest absolute Gasteiger partial charge is 0.478 e. The molecule has 0 aliphatic carbocycles. The zero-order valence-corrected chi connectivity index (χ0v) is 18.9. The van der Waals surface area contributed by atoms with Gasteiger partial charge in [-0.05, 0) is 70.1 Å². The van der Waals surface area contributed by atoms with Crippen LogP contribution in [0.5, 0.6) is 0 Å². The summed E-state index contributed by atoms with van der Waals surface area (Å²) in [5.74, 6) is -1.11. The van der Waals surface area contributed by atoms with Crippen LogP contribution < -0.4 is 0 Å². The van der Waals surface area contributed by atoms with Crippen molar-refractivity contribution >= 4 is 51.3 Å². The highest BCUT2D eigenvalue weighted by Crippen LogP contribution is 2.35. The van der Waals surface area contributed by atoms with Crippen LogP contribution in [0.25, 0.3) is 16.8 Å². The first kappa shape index (κ1) is 21.7. The Labute approximate surface area is 201 Å². The number of hydrogen-bond donors (Lipinski definition) is 1. The van der Waals surface area contributed by atoms with Crippen LogP contribution in [-0.4, -0.2) is 27.1 Å². The first-order valence-electron chi connectivity index (χ1n) is 10.7.